The van der Waals surface area contributed by atoms with Crippen LogP contribution in [0.15, 0.2) is 59.5 Å². The highest BCUT2D eigenvalue weighted by molar-refractivity contribution is 8.26. The number of hydrazine groups is 1. The van der Waals surface area contributed by atoms with Crippen LogP contribution in [0.5, 0.6) is 0 Å². The minimum atomic E-state index is -0.397. The predicted octanol–water partition coefficient (Wildman–Crippen LogP) is 4.92. The van der Waals surface area contributed by atoms with Gasteiger partial charge < -0.3 is 0 Å². The van der Waals surface area contributed by atoms with Crippen LogP contribution < -0.4 is 5.43 Å². The van der Waals surface area contributed by atoms with Crippen molar-refractivity contribution in [1.82, 2.24) is 10.4 Å². The lowest BCUT2D eigenvalue weighted by molar-refractivity contribution is -0.133. The molecule has 1 aliphatic rings. The minimum absolute atomic E-state index is 0.265. The van der Waals surface area contributed by atoms with E-state index in [4.69, 9.17) is 12.2 Å². The lowest BCUT2D eigenvalue weighted by Gasteiger charge is -2.19. The standard InChI is InChI=1S/C23H24N2O2S2/c1-15(2)13-18-9-11-19(12-10-18)16(3)21(26)24-25-22(27)20(29-23(25)28)14-17-7-5-4-6-8-17/h4-12,14-16H,13H2,1-3H3,(H,24,26)/b20-14-/t16-/m0/s1. The number of benzene rings is 2. The van der Waals surface area contributed by atoms with Crippen molar-refractivity contribution in [3.8, 4) is 0 Å². The summed E-state index contributed by atoms with van der Waals surface area (Å²) in [6.07, 6.45) is 2.79. The van der Waals surface area contributed by atoms with Crippen molar-refractivity contribution in [1.29, 1.82) is 0 Å². The Morgan fingerprint density at radius 3 is 2.38 bits per heavy atom. The summed E-state index contributed by atoms with van der Waals surface area (Å²) in [5.74, 6) is -0.388. The normalized spacial score (nSPS) is 16.6. The third-order valence-corrected chi connectivity index (χ3v) is 5.93. The summed E-state index contributed by atoms with van der Waals surface area (Å²) >= 11 is 6.49. The topological polar surface area (TPSA) is 49.4 Å². The number of amides is 2. The maximum atomic E-state index is 12.7. The molecule has 0 radical (unpaired) electrons. The molecule has 2 aromatic rings. The molecule has 1 saturated heterocycles. The first-order valence-electron chi connectivity index (χ1n) is 9.57. The van der Waals surface area contributed by atoms with E-state index in [-0.39, 0.29) is 11.8 Å². The Morgan fingerprint density at radius 1 is 1.10 bits per heavy atom. The average Bonchev–Trinajstić information content (AvgIpc) is 2.95. The summed E-state index contributed by atoms with van der Waals surface area (Å²) in [6, 6.07) is 17.6. The van der Waals surface area contributed by atoms with Crippen molar-refractivity contribution in [2.24, 2.45) is 5.92 Å². The second kappa shape index (κ2) is 9.37. The molecule has 0 unspecified atom stereocenters. The van der Waals surface area contributed by atoms with Crippen LogP contribution in [0.2, 0.25) is 0 Å². The zero-order chi connectivity index (χ0) is 21.0. The van der Waals surface area contributed by atoms with Crippen LogP contribution in [0, 0.1) is 5.92 Å². The molecule has 2 amide bonds. The van der Waals surface area contributed by atoms with Crippen LogP contribution in [0.4, 0.5) is 0 Å². The highest BCUT2D eigenvalue weighted by Crippen LogP contribution is 2.31. The molecule has 0 bridgehead atoms. The van der Waals surface area contributed by atoms with E-state index < -0.39 is 5.92 Å². The molecule has 1 fully saturated rings. The van der Waals surface area contributed by atoms with Crippen LogP contribution in [-0.4, -0.2) is 21.1 Å². The molecular weight excluding hydrogens is 400 g/mol. The number of nitrogens with zero attached hydrogens (tertiary/aromatic N) is 1. The van der Waals surface area contributed by atoms with Gasteiger partial charge in [0, 0.05) is 0 Å². The van der Waals surface area contributed by atoms with Crippen LogP contribution in [0.3, 0.4) is 0 Å². The Kier molecular flexibility index (Phi) is 6.87. The van der Waals surface area contributed by atoms with E-state index in [0.29, 0.717) is 15.1 Å². The van der Waals surface area contributed by atoms with Gasteiger partial charge in [0.2, 0.25) is 5.91 Å². The molecule has 1 N–H and O–H groups in total. The van der Waals surface area contributed by atoms with Crippen molar-refractivity contribution < 1.29 is 9.59 Å². The van der Waals surface area contributed by atoms with Crippen molar-refractivity contribution in [3.05, 3.63) is 76.2 Å². The smallest absolute Gasteiger partial charge is 0.273 e. The molecule has 0 aliphatic carbocycles. The predicted molar refractivity (Wildman–Crippen MR) is 123 cm³/mol. The van der Waals surface area contributed by atoms with Gasteiger partial charge in [0.05, 0.1) is 10.8 Å². The summed E-state index contributed by atoms with van der Waals surface area (Å²) in [6.45, 7) is 6.18. The summed E-state index contributed by atoms with van der Waals surface area (Å²) in [5, 5.41) is 1.17. The second-order valence-corrected chi connectivity index (χ2v) is 9.14. The minimum Gasteiger partial charge on any atom is -0.273 e. The first kappa shape index (κ1) is 21.3. The third kappa shape index (κ3) is 5.34. The SMILES string of the molecule is CC(C)Cc1ccc([C@H](C)C(=O)NN2C(=O)/C(=C/c3ccccc3)SC2=S)cc1. The Morgan fingerprint density at radius 2 is 1.76 bits per heavy atom. The first-order chi connectivity index (χ1) is 13.8. The van der Waals surface area contributed by atoms with Crippen molar-refractivity contribution in [3.63, 3.8) is 0 Å². The molecule has 4 nitrogen and oxygen atoms in total. The van der Waals surface area contributed by atoms with Gasteiger partial charge in [-0.3, -0.25) is 15.0 Å². The molecule has 0 spiro atoms. The van der Waals surface area contributed by atoms with Gasteiger partial charge in [0.25, 0.3) is 5.91 Å². The first-order valence-corrected chi connectivity index (χ1v) is 10.8. The van der Waals surface area contributed by atoms with Gasteiger partial charge in [0.1, 0.15) is 0 Å². The molecule has 1 atom stereocenters. The summed E-state index contributed by atoms with van der Waals surface area (Å²) < 4.78 is 0.324. The van der Waals surface area contributed by atoms with Gasteiger partial charge in [-0.2, -0.15) is 5.01 Å². The quantitative estimate of drug-likeness (QED) is 0.528. The van der Waals surface area contributed by atoms with E-state index in [0.717, 1.165) is 17.5 Å². The van der Waals surface area contributed by atoms with Gasteiger partial charge in [-0.1, -0.05) is 80.2 Å². The summed E-state index contributed by atoms with van der Waals surface area (Å²) in [4.78, 5) is 25.9. The monoisotopic (exact) mass is 424 g/mol. The number of rotatable bonds is 6. The number of nitrogens with one attached hydrogen (secondary N) is 1. The number of hydrogen-bond acceptors (Lipinski definition) is 4. The molecule has 1 aliphatic heterocycles. The number of thiocarbonyl (C=S) groups is 1. The molecule has 29 heavy (non-hydrogen) atoms. The number of carbonyl (C=O) groups excluding carboxylic acids is 2. The molecular formula is C23H24N2O2S2. The molecule has 150 valence electrons. The Bertz CT molecular complexity index is 937. The molecule has 2 aromatic carbocycles. The Hall–Kier alpha value is -2.44. The van der Waals surface area contributed by atoms with E-state index in [9.17, 15) is 9.59 Å². The lowest BCUT2D eigenvalue weighted by atomic mass is 9.96. The third-order valence-electron chi connectivity index (χ3n) is 4.63. The number of thioether (sulfide) groups is 1. The number of hydrogen-bond donors (Lipinski definition) is 1. The van der Waals surface area contributed by atoms with E-state index in [1.165, 1.54) is 22.3 Å². The van der Waals surface area contributed by atoms with Gasteiger partial charge in [-0.05, 0) is 54.2 Å². The average molecular weight is 425 g/mol. The molecule has 0 saturated carbocycles. The van der Waals surface area contributed by atoms with Crippen LogP contribution >= 0.6 is 24.0 Å². The Labute approximate surface area is 181 Å². The fraction of sp³-hybridized carbons (Fsp3) is 0.261. The molecule has 3 rings (SSSR count). The Balaban J connectivity index is 1.67. The molecule has 1 heterocycles. The zero-order valence-corrected chi connectivity index (χ0v) is 18.3. The second-order valence-electron chi connectivity index (χ2n) is 7.47. The van der Waals surface area contributed by atoms with Crippen LogP contribution in [0.25, 0.3) is 6.08 Å². The molecule has 0 aromatic heterocycles. The van der Waals surface area contributed by atoms with Gasteiger partial charge >= 0.3 is 0 Å². The van der Waals surface area contributed by atoms with E-state index >= 15 is 0 Å². The largest absolute Gasteiger partial charge is 0.285 e. The maximum Gasteiger partial charge on any atom is 0.285 e. The number of carbonyl (C=O) groups is 2. The highest BCUT2D eigenvalue weighted by atomic mass is 32.2. The van der Waals surface area contributed by atoms with Crippen molar-refractivity contribution in [2.45, 2.75) is 33.1 Å². The van der Waals surface area contributed by atoms with Crippen LogP contribution in [0.1, 0.15) is 43.4 Å². The van der Waals surface area contributed by atoms with Crippen LogP contribution in [-0.2, 0) is 16.0 Å². The maximum absolute atomic E-state index is 12.7. The van der Waals surface area contributed by atoms with Gasteiger partial charge in [-0.25, -0.2) is 0 Å². The van der Waals surface area contributed by atoms with Crippen molar-refractivity contribution >= 4 is 46.2 Å². The molecule has 6 heteroatoms. The lowest BCUT2D eigenvalue weighted by Crippen LogP contribution is -2.46. The van der Waals surface area contributed by atoms with E-state index in [2.05, 4.69) is 31.4 Å². The van der Waals surface area contributed by atoms with E-state index in [1.807, 2.05) is 49.4 Å². The summed E-state index contributed by atoms with van der Waals surface area (Å²) in [5.41, 5.74) is 5.74. The fourth-order valence-corrected chi connectivity index (χ4v) is 4.22. The fourth-order valence-electron chi connectivity index (χ4n) is 3.04. The van der Waals surface area contributed by atoms with Gasteiger partial charge in [-0.15, -0.1) is 0 Å². The van der Waals surface area contributed by atoms with E-state index in [1.54, 1.807) is 6.08 Å². The zero-order valence-electron chi connectivity index (χ0n) is 16.7. The summed E-state index contributed by atoms with van der Waals surface area (Å²) in [7, 11) is 0. The van der Waals surface area contributed by atoms with Gasteiger partial charge in [0.15, 0.2) is 4.32 Å². The van der Waals surface area contributed by atoms with Crippen molar-refractivity contribution in [2.75, 3.05) is 0 Å². The highest BCUT2D eigenvalue weighted by Gasteiger charge is 2.34.